The predicted molar refractivity (Wildman–Crippen MR) is 64.5 cm³/mol. The van der Waals surface area contributed by atoms with Gasteiger partial charge < -0.3 is 14.7 Å². The molecule has 0 aliphatic carbocycles. The van der Waals surface area contributed by atoms with Crippen molar-refractivity contribution in [2.75, 3.05) is 20.7 Å². The highest BCUT2D eigenvalue weighted by Gasteiger charge is 2.44. The van der Waals surface area contributed by atoms with Crippen molar-refractivity contribution in [1.29, 1.82) is 0 Å². The van der Waals surface area contributed by atoms with Crippen LogP contribution in [0.15, 0.2) is 24.3 Å². The number of nitrogens with zero attached hydrogens (tertiary/aromatic N) is 1. The Morgan fingerprint density at radius 2 is 2.22 bits per heavy atom. The van der Waals surface area contributed by atoms with E-state index in [-0.39, 0.29) is 11.8 Å². The summed E-state index contributed by atoms with van der Waals surface area (Å²) in [6.07, 6.45) is 0. The molecular weight excluding hydrogens is 234 g/mol. The maximum atomic E-state index is 11.8. The summed E-state index contributed by atoms with van der Waals surface area (Å²) < 4.78 is 5.12. The molecule has 2 rings (SSSR count). The van der Waals surface area contributed by atoms with E-state index in [0.717, 1.165) is 5.56 Å². The van der Waals surface area contributed by atoms with Gasteiger partial charge in [-0.25, -0.2) is 0 Å². The van der Waals surface area contributed by atoms with Crippen LogP contribution in [0.1, 0.15) is 11.5 Å². The monoisotopic (exact) mass is 249 g/mol. The SMILES string of the molecule is COc1cccc(C2CN(C)C(=O)C2C(=O)O)c1. The molecule has 0 aromatic heterocycles. The van der Waals surface area contributed by atoms with Gasteiger partial charge in [0.2, 0.25) is 5.91 Å². The smallest absolute Gasteiger partial charge is 0.316 e. The quantitative estimate of drug-likeness (QED) is 0.810. The van der Waals surface area contributed by atoms with E-state index in [2.05, 4.69) is 0 Å². The van der Waals surface area contributed by atoms with Crippen molar-refractivity contribution in [3.8, 4) is 5.75 Å². The largest absolute Gasteiger partial charge is 0.497 e. The molecular formula is C13H15NO4. The second-order valence-electron chi connectivity index (χ2n) is 4.42. The molecule has 1 amide bonds. The Morgan fingerprint density at radius 3 is 2.83 bits per heavy atom. The zero-order valence-electron chi connectivity index (χ0n) is 10.3. The molecule has 96 valence electrons. The number of rotatable bonds is 3. The van der Waals surface area contributed by atoms with Crippen molar-refractivity contribution in [1.82, 2.24) is 4.90 Å². The molecule has 5 heteroatoms. The topological polar surface area (TPSA) is 66.8 Å². The first-order valence-corrected chi connectivity index (χ1v) is 5.66. The third kappa shape index (κ3) is 2.03. The molecule has 18 heavy (non-hydrogen) atoms. The molecule has 0 radical (unpaired) electrons. The van der Waals surface area contributed by atoms with Gasteiger partial charge in [0.25, 0.3) is 0 Å². The molecule has 1 heterocycles. The van der Waals surface area contributed by atoms with Crippen molar-refractivity contribution >= 4 is 11.9 Å². The lowest BCUT2D eigenvalue weighted by Gasteiger charge is -2.14. The number of hydrogen-bond acceptors (Lipinski definition) is 3. The minimum absolute atomic E-state index is 0.324. The van der Waals surface area contributed by atoms with Crippen LogP contribution in [0.3, 0.4) is 0 Å². The number of aliphatic carboxylic acids is 1. The first kappa shape index (κ1) is 12.4. The first-order valence-electron chi connectivity index (χ1n) is 5.66. The Bertz CT molecular complexity index is 486. The van der Waals surface area contributed by atoms with Crippen LogP contribution in [0.4, 0.5) is 0 Å². The van der Waals surface area contributed by atoms with Gasteiger partial charge >= 0.3 is 5.97 Å². The molecule has 1 aromatic carbocycles. The highest BCUT2D eigenvalue weighted by Crippen LogP contribution is 2.34. The van der Waals surface area contributed by atoms with Gasteiger partial charge in [0.15, 0.2) is 0 Å². The predicted octanol–water partition coefficient (Wildman–Crippen LogP) is 0.952. The highest BCUT2D eigenvalue weighted by atomic mass is 16.5. The fraction of sp³-hybridized carbons (Fsp3) is 0.385. The van der Waals surface area contributed by atoms with Crippen LogP contribution in [-0.2, 0) is 9.59 Å². The maximum Gasteiger partial charge on any atom is 0.316 e. The second-order valence-corrected chi connectivity index (χ2v) is 4.42. The number of likely N-dealkylation sites (tertiary alicyclic amines) is 1. The molecule has 5 nitrogen and oxygen atoms in total. The normalized spacial score (nSPS) is 23.2. The van der Waals surface area contributed by atoms with Crippen LogP contribution in [0.2, 0.25) is 0 Å². The number of carbonyl (C=O) groups is 2. The summed E-state index contributed by atoms with van der Waals surface area (Å²) in [4.78, 5) is 24.5. The Balaban J connectivity index is 2.36. The number of hydrogen-bond donors (Lipinski definition) is 1. The molecule has 1 aromatic rings. The van der Waals surface area contributed by atoms with Crippen LogP contribution in [0, 0.1) is 5.92 Å². The average Bonchev–Trinajstić information content (AvgIpc) is 2.66. The lowest BCUT2D eigenvalue weighted by molar-refractivity contribution is -0.147. The van der Waals surface area contributed by atoms with Crippen molar-refractivity contribution < 1.29 is 19.4 Å². The number of likely N-dealkylation sites (N-methyl/N-ethyl adjacent to an activating group) is 1. The van der Waals surface area contributed by atoms with Gasteiger partial charge in [-0.2, -0.15) is 0 Å². The Kier molecular flexibility index (Phi) is 3.23. The Labute approximate surface area is 105 Å². The van der Waals surface area contributed by atoms with E-state index in [1.807, 2.05) is 6.07 Å². The van der Waals surface area contributed by atoms with E-state index in [0.29, 0.717) is 12.3 Å². The zero-order valence-corrected chi connectivity index (χ0v) is 10.3. The minimum atomic E-state index is -1.07. The van der Waals surface area contributed by atoms with E-state index < -0.39 is 11.9 Å². The molecule has 0 spiro atoms. The number of ether oxygens (including phenoxy) is 1. The average molecular weight is 249 g/mol. The van der Waals surface area contributed by atoms with Crippen molar-refractivity contribution in [3.05, 3.63) is 29.8 Å². The number of benzene rings is 1. The van der Waals surface area contributed by atoms with E-state index in [9.17, 15) is 14.7 Å². The molecule has 1 aliphatic heterocycles. The number of methoxy groups -OCH3 is 1. The number of amides is 1. The molecule has 0 saturated carbocycles. The van der Waals surface area contributed by atoms with Gasteiger partial charge in [-0.15, -0.1) is 0 Å². The van der Waals surface area contributed by atoms with Crippen molar-refractivity contribution in [2.45, 2.75) is 5.92 Å². The molecule has 1 fully saturated rings. The van der Waals surface area contributed by atoms with Crippen LogP contribution >= 0.6 is 0 Å². The van der Waals surface area contributed by atoms with Crippen LogP contribution in [0.5, 0.6) is 5.75 Å². The molecule has 2 unspecified atom stereocenters. The standard InChI is InChI=1S/C13H15NO4/c1-14-7-10(11(12(14)15)13(16)17)8-4-3-5-9(6-8)18-2/h3-6,10-11H,7H2,1-2H3,(H,16,17). The number of carbonyl (C=O) groups excluding carboxylic acids is 1. The van der Waals surface area contributed by atoms with Gasteiger partial charge in [-0.05, 0) is 17.7 Å². The lowest BCUT2D eigenvalue weighted by atomic mass is 9.88. The van der Waals surface area contributed by atoms with E-state index >= 15 is 0 Å². The molecule has 1 N–H and O–H groups in total. The van der Waals surface area contributed by atoms with Gasteiger partial charge in [-0.3, -0.25) is 9.59 Å². The molecule has 2 atom stereocenters. The molecule has 0 bridgehead atoms. The fourth-order valence-electron chi connectivity index (χ4n) is 2.35. The third-order valence-corrected chi connectivity index (χ3v) is 3.30. The number of carboxylic acid groups (broad SMARTS) is 1. The summed E-state index contributed by atoms with van der Waals surface area (Å²) >= 11 is 0. The summed E-state index contributed by atoms with van der Waals surface area (Å²) in [5, 5.41) is 9.18. The van der Waals surface area contributed by atoms with E-state index in [1.54, 1.807) is 32.4 Å². The summed E-state index contributed by atoms with van der Waals surface area (Å²) in [7, 11) is 3.18. The lowest BCUT2D eigenvalue weighted by Crippen LogP contribution is -2.28. The van der Waals surface area contributed by atoms with Gasteiger partial charge in [-0.1, -0.05) is 12.1 Å². The van der Waals surface area contributed by atoms with Crippen LogP contribution in [-0.4, -0.2) is 42.6 Å². The summed E-state index contributed by atoms with van der Waals surface area (Å²) in [5.41, 5.74) is 0.819. The highest BCUT2D eigenvalue weighted by molar-refractivity contribution is 5.99. The van der Waals surface area contributed by atoms with Gasteiger partial charge in [0.05, 0.1) is 7.11 Å². The number of carboxylic acids is 1. The summed E-state index contributed by atoms with van der Waals surface area (Å²) in [6, 6.07) is 7.21. The first-order chi connectivity index (χ1) is 8.54. The Morgan fingerprint density at radius 1 is 1.50 bits per heavy atom. The van der Waals surface area contributed by atoms with Crippen LogP contribution in [0.25, 0.3) is 0 Å². The molecule has 1 aliphatic rings. The third-order valence-electron chi connectivity index (χ3n) is 3.30. The van der Waals surface area contributed by atoms with E-state index in [1.165, 1.54) is 4.90 Å². The second kappa shape index (κ2) is 4.68. The summed E-state index contributed by atoms with van der Waals surface area (Å²) in [6.45, 7) is 0.420. The summed E-state index contributed by atoms with van der Waals surface area (Å²) in [5.74, 6) is -2.07. The van der Waals surface area contributed by atoms with Gasteiger partial charge in [0, 0.05) is 19.5 Å². The van der Waals surface area contributed by atoms with Crippen LogP contribution < -0.4 is 4.74 Å². The molecule has 1 saturated heterocycles. The zero-order chi connectivity index (χ0) is 13.3. The Hall–Kier alpha value is -2.04. The maximum absolute atomic E-state index is 11.8. The van der Waals surface area contributed by atoms with E-state index in [4.69, 9.17) is 4.74 Å². The van der Waals surface area contributed by atoms with Gasteiger partial charge in [0.1, 0.15) is 11.7 Å². The minimum Gasteiger partial charge on any atom is -0.497 e. The van der Waals surface area contributed by atoms with Crippen molar-refractivity contribution in [3.63, 3.8) is 0 Å². The van der Waals surface area contributed by atoms with Crippen molar-refractivity contribution in [2.24, 2.45) is 5.92 Å². The fourth-order valence-corrected chi connectivity index (χ4v) is 2.35.